The Morgan fingerprint density at radius 2 is 1.96 bits per heavy atom. The fourth-order valence-electron chi connectivity index (χ4n) is 2.71. The Bertz CT molecular complexity index is 628. The largest absolute Gasteiger partial charge is 0.349 e. The Morgan fingerprint density at radius 1 is 1.30 bits per heavy atom. The quantitative estimate of drug-likeness (QED) is 0.905. The van der Waals surface area contributed by atoms with Crippen LogP contribution in [0, 0.1) is 5.92 Å². The zero-order valence-corrected chi connectivity index (χ0v) is 14.0. The fraction of sp³-hybridized carbons (Fsp3) is 0.588. The van der Waals surface area contributed by atoms with Gasteiger partial charge >= 0.3 is 0 Å². The minimum Gasteiger partial charge on any atom is -0.349 e. The van der Waals surface area contributed by atoms with Crippen LogP contribution in [0.1, 0.15) is 43.5 Å². The molecule has 1 aromatic heterocycles. The zero-order valence-electron chi connectivity index (χ0n) is 14.0. The molecule has 6 nitrogen and oxygen atoms in total. The average molecular weight is 319 g/mol. The van der Waals surface area contributed by atoms with Crippen molar-refractivity contribution in [3.05, 3.63) is 34.2 Å². The van der Waals surface area contributed by atoms with Gasteiger partial charge in [-0.05, 0) is 24.8 Å². The monoisotopic (exact) mass is 319 g/mol. The Balaban J connectivity index is 1.86. The first-order valence-corrected chi connectivity index (χ1v) is 8.12. The minimum atomic E-state index is -0.227. The van der Waals surface area contributed by atoms with Crippen LogP contribution < -0.4 is 10.9 Å². The number of nitrogens with one attached hydrogen (secondary N) is 1. The molecular weight excluding hydrogens is 294 g/mol. The standard InChI is InChI=1S/C17H25N3O3/c1-12(2)10-16(22)20-8-5-14(6-9-20)18-17(23)13-4-7-19(3)15(21)11-13/h4,7,11-12,14H,5-6,8-10H2,1-3H3,(H,18,23). The van der Waals surface area contributed by atoms with E-state index in [2.05, 4.69) is 5.32 Å². The molecule has 2 heterocycles. The molecular formula is C17H25N3O3. The van der Waals surface area contributed by atoms with Crippen LogP contribution in [0.3, 0.4) is 0 Å². The molecule has 0 atom stereocenters. The Morgan fingerprint density at radius 3 is 2.52 bits per heavy atom. The van der Waals surface area contributed by atoms with E-state index in [1.807, 2.05) is 18.7 Å². The van der Waals surface area contributed by atoms with Crippen molar-refractivity contribution in [3.63, 3.8) is 0 Å². The molecule has 2 rings (SSSR count). The molecule has 0 unspecified atom stereocenters. The second-order valence-electron chi connectivity index (χ2n) is 6.59. The number of piperidine rings is 1. The van der Waals surface area contributed by atoms with Gasteiger partial charge in [-0.1, -0.05) is 13.8 Å². The lowest BCUT2D eigenvalue weighted by atomic mass is 10.0. The van der Waals surface area contributed by atoms with Gasteiger partial charge in [0.05, 0.1) is 0 Å². The maximum Gasteiger partial charge on any atom is 0.251 e. The number of aromatic nitrogens is 1. The number of pyridine rings is 1. The van der Waals surface area contributed by atoms with Gasteiger partial charge in [-0.25, -0.2) is 0 Å². The lowest BCUT2D eigenvalue weighted by molar-refractivity contribution is -0.133. The molecule has 1 aliphatic rings. The third kappa shape index (κ3) is 4.68. The van der Waals surface area contributed by atoms with Gasteiger partial charge in [-0.15, -0.1) is 0 Å². The average Bonchev–Trinajstić information content (AvgIpc) is 2.50. The predicted molar refractivity (Wildman–Crippen MR) is 88.2 cm³/mol. The van der Waals surface area contributed by atoms with E-state index in [9.17, 15) is 14.4 Å². The van der Waals surface area contributed by atoms with E-state index < -0.39 is 0 Å². The van der Waals surface area contributed by atoms with Gasteiger partial charge < -0.3 is 14.8 Å². The van der Waals surface area contributed by atoms with E-state index in [1.54, 1.807) is 19.3 Å². The molecule has 1 fully saturated rings. The summed E-state index contributed by atoms with van der Waals surface area (Å²) in [6.07, 6.45) is 3.66. The molecule has 23 heavy (non-hydrogen) atoms. The topological polar surface area (TPSA) is 71.4 Å². The lowest BCUT2D eigenvalue weighted by Crippen LogP contribution is -2.46. The number of rotatable bonds is 4. The van der Waals surface area contributed by atoms with E-state index in [4.69, 9.17) is 0 Å². The van der Waals surface area contributed by atoms with Crippen molar-refractivity contribution >= 4 is 11.8 Å². The minimum absolute atomic E-state index is 0.0506. The van der Waals surface area contributed by atoms with Crippen molar-refractivity contribution in [3.8, 4) is 0 Å². The second-order valence-corrected chi connectivity index (χ2v) is 6.59. The van der Waals surface area contributed by atoms with Crippen molar-refractivity contribution in [1.82, 2.24) is 14.8 Å². The van der Waals surface area contributed by atoms with E-state index in [0.717, 1.165) is 12.8 Å². The molecule has 0 radical (unpaired) electrons. The summed E-state index contributed by atoms with van der Waals surface area (Å²) in [6.45, 7) is 5.42. The van der Waals surface area contributed by atoms with Gasteiger partial charge in [0, 0.05) is 50.4 Å². The number of likely N-dealkylation sites (tertiary alicyclic amines) is 1. The molecule has 0 aromatic carbocycles. The van der Waals surface area contributed by atoms with Crippen LogP contribution in [0.15, 0.2) is 23.1 Å². The summed E-state index contributed by atoms with van der Waals surface area (Å²) in [4.78, 5) is 37.7. The summed E-state index contributed by atoms with van der Waals surface area (Å²) < 4.78 is 1.43. The molecule has 0 bridgehead atoms. The highest BCUT2D eigenvalue weighted by Crippen LogP contribution is 2.14. The number of hydrogen-bond acceptors (Lipinski definition) is 3. The molecule has 1 aromatic rings. The highest BCUT2D eigenvalue weighted by molar-refractivity contribution is 5.94. The smallest absolute Gasteiger partial charge is 0.251 e. The van der Waals surface area contributed by atoms with Crippen molar-refractivity contribution in [2.24, 2.45) is 13.0 Å². The molecule has 2 amide bonds. The van der Waals surface area contributed by atoms with Gasteiger partial charge in [0.15, 0.2) is 0 Å². The number of nitrogens with zero attached hydrogens (tertiary/aromatic N) is 2. The van der Waals surface area contributed by atoms with Crippen LogP contribution in [-0.4, -0.2) is 40.4 Å². The predicted octanol–water partition coefficient (Wildman–Crippen LogP) is 1.15. The molecule has 126 valence electrons. The van der Waals surface area contributed by atoms with Crippen LogP contribution in [-0.2, 0) is 11.8 Å². The van der Waals surface area contributed by atoms with Gasteiger partial charge in [0.2, 0.25) is 5.91 Å². The lowest BCUT2D eigenvalue weighted by Gasteiger charge is -2.32. The van der Waals surface area contributed by atoms with Crippen molar-refractivity contribution < 1.29 is 9.59 Å². The van der Waals surface area contributed by atoms with Crippen molar-refractivity contribution in [2.45, 2.75) is 39.2 Å². The normalized spacial score (nSPS) is 15.7. The maximum atomic E-state index is 12.2. The molecule has 0 spiro atoms. The third-order valence-corrected chi connectivity index (χ3v) is 4.13. The van der Waals surface area contributed by atoms with E-state index in [0.29, 0.717) is 31.0 Å². The summed E-state index contributed by atoms with van der Waals surface area (Å²) in [5, 5.41) is 2.96. The van der Waals surface area contributed by atoms with Crippen LogP contribution in [0.25, 0.3) is 0 Å². The van der Waals surface area contributed by atoms with Gasteiger partial charge in [-0.3, -0.25) is 14.4 Å². The Kier molecular flexibility index (Phi) is 5.58. The van der Waals surface area contributed by atoms with Gasteiger partial charge in [-0.2, -0.15) is 0 Å². The third-order valence-electron chi connectivity index (χ3n) is 4.13. The molecule has 1 N–H and O–H groups in total. The highest BCUT2D eigenvalue weighted by atomic mass is 16.2. The number of carbonyl (C=O) groups is 2. The van der Waals surface area contributed by atoms with E-state index in [-0.39, 0.29) is 23.4 Å². The number of hydrogen-bond donors (Lipinski definition) is 1. The molecule has 1 saturated heterocycles. The number of carbonyl (C=O) groups excluding carboxylic acids is 2. The fourth-order valence-corrected chi connectivity index (χ4v) is 2.71. The zero-order chi connectivity index (χ0) is 17.0. The first kappa shape index (κ1) is 17.2. The van der Waals surface area contributed by atoms with E-state index in [1.165, 1.54) is 10.6 Å². The van der Waals surface area contributed by atoms with Crippen molar-refractivity contribution in [1.29, 1.82) is 0 Å². The summed E-state index contributed by atoms with van der Waals surface area (Å²) in [5.74, 6) is 0.326. The number of aryl methyl sites for hydroxylation is 1. The summed E-state index contributed by atoms with van der Waals surface area (Å²) in [5.41, 5.74) is 0.179. The molecule has 0 saturated carbocycles. The maximum absolute atomic E-state index is 12.2. The first-order valence-electron chi connectivity index (χ1n) is 8.12. The summed E-state index contributed by atoms with van der Waals surface area (Å²) in [7, 11) is 1.65. The van der Waals surface area contributed by atoms with Crippen molar-refractivity contribution in [2.75, 3.05) is 13.1 Å². The van der Waals surface area contributed by atoms with Crippen LogP contribution in [0.2, 0.25) is 0 Å². The van der Waals surface area contributed by atoms with Crippen LogP contribution in [0.4, 0.5) is 0 Å². The van der Waals surface area contributed by atoms with Crippen LogP contribution in [0.5, 0.6) is 0 Å². The molecule has 6 heteroatoms. The molecule has 1 aliphatic heterocycles. The van der Waals surface area contributed by atoms with Gasteiger partial charge in [0.1, 0.15) is 0 Å². The summed E-state index contributed by atoms with van der Waals surface area (Å²) >= 11 is 0. The highest BCUT2D eigenvalue weighted by Gasteiger charge is 2.24. The Labute approximate surface area is 136 Å². The Hall–Kier alpha value is -2.11. The first-order chi connectivity index (χ1) is 10.9. The second kappa shape index (κ2) is 7.44. The van der Waals surface area contributed by atoms with Crippen LogP contribution >= 0.6 is 0 Å². The van der Waals surface area contributed by atoms with Gasteiger partial charge in [0.25, 0.3) is 11.5 Å². The van der Waals surface area contributed by atoms with E-state index >= 15 is 0 Å². The molecule has 0 aliphatic carbocycles. The SMILES string of the molecule is CC(C)CC(=O)N1CCC(NC(=O)c2ccn(C)c(=O)c2)CC1. The summed E-state index contributed by atoms with van der Waals surface area (Å²) in [6, 6.07) is 3.03. The number of amides is 2.